The fourth-order valence-corrected chi connectivity index (χ4v) is 2.90. The summed E-state index contributed by atoms with van der Waals surface area (Å²) >= 11 is 0. The van der Waals surface area contributed by atoms with E-state index in [4.69, 9.17) is 4.63 Å². The molecule has 0 saturated carbocycles. The number of nitro groups is 1. The normalized spacial score (nSPS) is 12.9. The first-order chi connectivity index (χ1) is 11.1. The summed E-state index contributed by atoms with van der Waals surface area (Å²) in [7, 11) is 0. The van der Waals surface area contributed by atoms with Crippen LogP contribution in [-0.4, -0.2) is 39.8 Å². The van der Waals surface area contributed by atoms with Gasteiger partial charge in [0.2, 0.25) is 5.52 Å². The molecular formula is C16H24N4O3. The van der Waals surface area contributed by atoms with Crippen LogP contribution >= 0.6 is 0 Å². The molecule has 126 valence electrons. The third-order valence-electron chi connectivity index (χ3n) is 4.31. The zero-order valence-corrected chi connectivity index (χ0v) is 14.0. The lowest BCUT2D eigenvalue weighted by atomic mass is 9.95. The summed E-state index contributed by atoms with van der Waals surface area (Å²) in [5.41, 5.74) is 1.65. The smallest absolute Gasteiger partial charge is 0.300 e. The summed E-state index contributed by atoms with van der Waals surface area (Å²) in [5.74, 6) is 0.479. The zero-order chi connectivity index (χ0) is 16.8. The first kappa shape index (κ1) is 17.3. The average molecular weight is 320 g/mol. The van der Waals surface area contributed by atoms with Crippen LogP contribution in [0.4, 0.5) is 5.69 Å². The molecule has 1 heterocycles. The first-order valence-electron chi connectivity index (χ1n) is 8.17. The van der Waals surface area contributed by atoms with E-state index in [1.54, 1.807) is 6.07 Å². The molecule has 0 radical (unpaired) electrons. The maximum Gasteiger partial charge on any atom is 0.300 e. The van der Waals surface area contributed by atoms with Gasteiger partial charge in [0.15, 0.2) is 0 Å². The monoisotopic (exact) mass is 320 g/mol. The quantitative estimate of drug-likeness (QED) is 0.520. The average Bonchev–Trinajstić information content (AvgIpc) is 3.01. The molecule has 1 aromatic carbocycles. The molecule has 23 heavy (non-hydrogen) atoms. The Bertz CT molecular complexity index is 652. The molecule has 0 spiro atoms. The van der Waals surface area contributed by atoms with Gasteiger partial charge in [-0.15, -0.1) is 0 Å². The van der Waals surface area contributed by atoms with Gasteiger partial charge < -0.3 is 4.90 Å². The number of aromatic nitrogens is 2. The predicted molar refractivity (Wildman–Crippen MR) is 88.3 cm³/mol. The van der Waals surface area contributed by atoms with Crippen molar-refractivity contribution in [3.8, 4) is 0 Å². The summed E-state index contributed by atoms with van der Waals surface area (Å²) in [4.78, 5) is 13.0. The molecule has 0 bridgehead atoms. The van der Waals surface area contributed by atoms with Gasteiger partial charge in [-0.05, 0) is 66.8 Å². The fourth-order valence-electron chi connectivity index (χ4n) is 2.90. The van der Waals surface area contributed by atoms with E-state index < -0.39 is 4.92 Å². The summed E-state index contributed by atoms with van der Waals surface area (Å²) in [5, 5.41) is 18.5. The molecule has 7 heteroatoms. The number of hydrogen-bond acceptors (Lipinski definition) is 6. The molecule has 0 N–H and O–H groups in total. The molecular weight excluding hydrogens is 296 g/mol. The van der Waals surface area contributed by atoms with Crippen LogP contribution in [0.1, 0.15) is 39.2 Å². The second-order valence-electron chi connectivity index (χ2n) is 5.94. The van der Waals surface area contributed by atoms with Crippen LogP contribution in [-0.2, 0) is 6.42 Å². The Balaban J connectivity index is 2.00. The number of fused-ring (bicyclic) bond motifs is 1. The van der Waals surface area contributed by atoms with Crippen molar-refractivity contribution in [1.29, 1.82) is 0 Å². The molecule has 0 aliphatic carbocycles. The Hall–Kier alpha value is -2.02. The molecule has 1 atom stereocenters. The van der Waals surface area contributed by atoms with Gasteiger partial charge >= 0.3 is 5.69 Å². The molecule has 1 aromatic heterocycles. The minimum Gasteiger partial charge on any atom is -0.304 e. The maximum absolute atomic E-state index is 11.0. The summed E-state index contributed by atoms with van der Waals surface area (Å²) in [6.07, 6.45) is 3.08. The van der Waals surface area contributed by atoms with E-state index in [1.165, 1.54) is 6.07 Å². The molecule has 0 aliphatic heterocycles. The lowest BCUT2D eigenvalue weighted by Crippen LogP contribution is -2.24. The molecule has 1 unspecified atom stereocenters. The van der Waals surface area contributed by atoms with Gasteiger partial charge in [-0.3, -0.25) is 10.1 Å². The number of rotatable bonds is 9. The van der Waals surface area contributed by atoms with Crippen LogP contribution in [0.25, 0.3) is 11.0 Å². The number of nitrogens with zero attached hydrogens (tertiary/aromatic N) is 4. The topological polar surface area (TPSA) is 85.3 Å². The van der Waals surface area contributed by atoms with Crippen molar-refractivity contribution in [3.05, 3.63) is 27.8 Å². The molecule has 7 nitrogen and oxygen atoms in total. The van der Waals surface area contributed by atoms with Gasteiger partial charge in [0.25, 0.3) is 0 Å². The Morgan fingerprint density at radius 3 is 2.61 bits per heavy atom. The van der Waals surface area contributed by atoms with Crippen LogP contribution in [0.15, 0.2) is 16.8 Å². The summed E-state index contributed by atoms with van der Waals surface area (Å²) in [6, 6.07) is 3.26. The molecule has 2 aromatic rings. The van der Waals surface area contributed by atoms with E-state index in [0.717, 1.165) is 44.5 Å². The Morgan fingerprint density at radius 2 is 1.96 bits per heavy atom. The zero-order valence-electron chi connectivity index (χ0n) is 14.0. The maximum atomic E-state index is 11.0. The Labute approximate surface area is 135 Å². The summed E-state index contributed by atoms with van der Waals surface area (Å²) < 4.78 is 4.71. The third kappa shape index (κ3) is 4.25. The molecule has 0 saturated heterocycles. The number of nitro benzene ring substituents is 1. The van der Waals surface area contributed by atoms with Crippen molar-refractivity contribution in [2.75, 3.05) is 19.6 Å². The van der Waals surface area contributed by atoms with Crippen LogP contribution in [0.2, 0.25) is 0 Å². The van der Waals surface area contributed by atoms with Gasteiger partial charge in [-0.2, -0.15) is 0 Å². The Morgan fingerprint density at radius 1 is 1.26 bits per heavy atom. The van der Waals surface area contributed by atoms with E-state index in [-0.39, 0.29) is 11.2 Å². The number of benzene rings is 1. The highest BCUT2D eigenvalue weighted by molar-refractivity contribution is 5.85. The predicted octanol–water partition coefficient (Wildman–Crippen LogP) is 3.43. The van der Waals surface area contributed by atoms with Crippen molar-refractivity contribution < 1.29 is 9.55 Å². The largest absolute Gasteiger partial charge is 0.304 e. The summed E-state index contributed by atoms with van der Waals surface area (Å²) in [6.45, 7) is 9.83. The fraction of sp³-hybridized carbons (Fsp3) is 0.625. The van der Waals surface area contributed by atoms with E-state index in [0.29, 0.717) is 11.4 Å². The van der Waals surface area contributed by atoms with Crippen LogP contribution in [0.5, 0.6) is 0 Å². The second kappa shape index (κ2) is 8.01. The van der Waals surface area contributed by atoms with Gasteiger partial charge in [-0.25, -0.2) is 4.63 Å². The lowest BCUT2D eigenvalue weighted by Gasteiger charge is -2.19. The second-order valence-corrected chi connectivity index (χ2v) is 5.94. The van der Waals surface area contributed by atoms with Gasteiger partial charge in [0.1, 0.15) is 5.52 Å². The highest BCUT2D eigenvalue weighted by Gasteiger charge is 2.20. The van der Waals surface area contributed by atoms with Crippen LogP contribution in [0.3, 0.4) is 0 Å². The van der Waals surface area contributed by atoms with Crippen molar-refractivity contribution in [2.24, 2.45) is 5.92 Å². The molecule has 0 amide bonds. The first-order valence-corrected chi connectivity index (χ1v) is 8.17. The number of hydrogen-bond donors (Lipinski definition) is 0. The van der Waals surface area contributed by atoms with Crippen molar-refractivity contribution in [2.45, 2.75) is 40.0 Å². The van der Waals surface area contributed by atoms with Gasteiger partial charge in [0, 0.05) is 6.07 Å². The van der Waals surface area contributed by atoms with E-state index >= 15 is 0 Å². The molecule has 0 fully saturated rings. The minimum absolute atomic E-state index is 0.0563. The number of non-ortho nitro benzene ring substituents is 1. The van der Waals surface area contributed by atoms with E-state index in [1.807, 2.05) is 0 Å². The molecule has 2 rings (SSSR count). The third-order valence-corrected chi connectivity index (χ3v) is 4.31. The van der Waals surface area contributed by atoms with E-state index in [2.05, 4.69) is 36.0 Å². The van der Waals surface area contributed by atoms with Crippen LogP contribution in [0, 0.1) is 16.0 Å². The molecule has 0 aliphatic rings. The highest BCUT2D eigenvalue weighted by Crippen LogP contribution is 2.27. The standard InChI is InChI=1S/C16H24N4O3/c1-4-19(5-2)10-6-7-12(3)11-13-8-9-14(20(21)22)16-15(13)17-23-18-16/h8-9,12H,4-7,10-11H2,1-3H3. The van der Waals surface area contributed by atoms with Gasteiger partial charge in [0.05, 0.1) is 4.92 Å². The van der Waals surface area contributed by atoms with Crippen LogP contribution < -0.4 is 0 Å². The SMILES string of the molecule is CCN(CC)CCCC(C)Cc1ccc([N+](=O)[O-])c2nonc12. The highest BCUT2D eigenvalue weighted by atomic mass is 16.6. The van der Waals surface area contributed by atoms with Crippen molar-refractivity contribution in [3.63, 3.8) is 0 Å². The van der Waals surface area contributed by atoms with Crippen molar-refractivity contribution in [1.82, 2.24) is 15.2 Å². The Kier molecular flexibility index (Phi) is 6.04. The lowest BCUT2D eigenvalue weighted by molar-refractivity contribution is -0.383. The minimum atomic E-state index is -0.455. The van der Waals surface area contributed by atoms with E-state index in [9.17, 15) is 10.1 Å². The van der Waals surface area contributed by atoms with Crippen molar-refractivity contribution >= 4 is 16.7 Å². The van der Waals surface area contributed by atoms with Gasteiger partial charge in [-0.1, -0.05) is 20.8 Å².